The predicted octanol–water partition coefficient (Wildman–Crippen LogP) is 4.12. The van der Waals surface area contributed by atoms with Gasteiger partial charge < -0.3 is 4.90 Å². The van der Waals surface area contributed by atoms with Gasteiger partial charge in [-0.15, -0.1) is 0 Å². The lowest BCUT2D eigenvalue weighted by Gasteiger charge is -2.43. The van der Waals surface area contributed by atoms with E-state index in [1.54, 1.807) is 19.1 Å². The summed E-state index contributed by atoms with van der Waals surface area (Å²) in [7, 11) is 0. The van der Waals surface area contributed by atoms with E-state index in [0.29, 0.717) is 12.5 Å². The van der Waals surface area contributed by atoms with Crippen molar-refractivity contribution in [2.45, 2.75) is 57.9 Å². The van der Waals surface area contributed by atoms with Crippen LogP contribution in [0.25, 0.3) is 0 Å². The average Bonchev–Trinajstić information content (AvgIpc) is 2.57. The minimum absolute atomic E-state index is 0.0254. The number of Topliss-reactive ketones (excluding diaryl/α,β-unsaturated/α-hetero) is 1. The van der Waals surface area contributed by atoms with Crippen molar-refractivity contribution in [2.75, 3.05) is 11.4 Å². The molecule has 0 amide bonds. The molecule has 1 saturated heterocycles. The number of hydrogen-bond donors (Lipinski definition) is 0. The monoisotopic (exact) mass is 289 g/mol. The van der Waals surface area contributed by atoms with Crippen molar-refractivity contribution >= 4 is 11.5 Å². The minimum atomic E-state index is -0.196. The van der Waals surface area contributed by atoms with Gasteiger partial charge in [-0.1, -0.05) is 25.7 Å². The van der Waals surface area contributed by atoms with E-state index < -0.39 is 0 Å². The van der Waals surface area contributed by atoms with Gasteiger partial charge in [-0.2, -0.15) is 0 Å². The molecule has 0 unspecified atom stereocenters. The molecule has 0 radical (unpaired) electrons. The molecule has 2 aliphatic rings. The van der Waals surface area contributed by atoms with Crippen molar-refractivity contribution < 1.29 is 9.18 Å². The predicted molar refractivity (Wildman–Crippen MR) is 83.1 cm³/mol. The summed E-state index contributed by atoms with van der Waals surface area (Å²) in [5.74, 6) is 0.0790. The average molecular weight is 289 g/mol. The van der Waals surface area contributed by atoms with Crippen molar-refractivity contribution in [1.82, 2.24) is 0 Å². The third-order valence-electron chi connectivity index (χ3n) is 5.08. The van der Waals surface area contributed by atoms with E-state index in [-0.39, 0.29) is 17.5 Å². The number of anilines is 1. The van der Waals surface area contributed by atoms with E-state index in [0.717, 1.165) is 30.6 Å². The molecule has 1 aromatic rings. The normalized spacial score (nSPS) is 26.1. The first-order chi connectivity index (χ1) is 10.2. The highest BCUT2D eigenvalue weighted by Gasteiger charge is 2.36. The van der Waals surface area contributed by atoms with E-state index in [4.69, 9.17) is 0 Å². The first kappa shape index (κ1) is 14.6. The van der Waals surface area contributed by atoms with Crippen LogP contribution in [-0.2, 0) is 11.2 Å². The van der Waals surface area contributed by atoms with E-state index in [1.165, 1.54) is 25.7 Å². The van der Waals surface area contributed by atoms with Crippen molar-refractivity contribution in [3.05, 3.63) is 29.6 Å². The Morgan fingerprint density at radius 3 is 2.76 bits per heavy atom. The third-order valence-corrected chi connectivity index (χ3v) is 5.08. The maximum absolute atomic E-state index is 13.6. The first-order valence-electron chi connectivity index (χ1n) is 8.22. The van der Waals surface area contributed by atoms with Gasteiger partial charge in [0.05, 0.1) is 0 Å². The number of nitrogens with zero attached hydrogens (tertiary/aromatic N) is 1. The van der Waals surface area contributed by atoms with Gasteiger partial charge in [-0.05, 0) is 49.9 Å². The Hall–Kier alpha value is -1.38. The molecule has 3 heteroatoms. The number of halogens is 1. The summed E-state index contributed by atoms with van der Waals surface area (Å²) in [6, 6.07) is 5.38. The largest absolute Gasteiger partial charge is 0.368 e. The highest BCUT2D eigenvalue weighted by atomic mass is 19.1. The lowest BCUT2D eigenvalue weighted by molar-refractivity contribution is -0.121. The zero-order valence-corrected chi connectivity index (χ0v) is 12.8. The Labute approximate surface area is 126 Å². The second kappa shape index (κ2) is 6.17. The van der Waals surface area contributed by atoms with Crippen molar-refractivity contribution in [1.29, 1.82) is 0 Å². The molecule has 2 nitrogen and oxygen atoms in total. The van der Waals surface area contributed by atoms with Gasteiger partial charge in [0.2, 0.25) is 0 Å². The third kappa shape index (κ3) is 2.97. The summed E-state index contributed by atoms with van der Waals surface area (Å²) < 4.78 is 13.6. The van der Waals surface area contributed by atoms with Gasteiger partial charge in [-0.3, -0.25) is 4.79 Å². The molecule has 0 aromatic heterocycles. The Kier molecular flexibility index (Phi) is 4.27. The molecule has 0 saturated carbocycles. The molecule has 0 aliphatic carbocycles. The lowest BCUT2D eigenvalue weighted by atomic mass is 9.81. The number of hydrogen-bond acceptors (Lipinski definition) is 2. The van der Waals surface area contributed by atoms with Crippen LogP contribution in [0.2, 0.25) is 0 Å². The standard InChI is InChI=1S/C18H24FNO/c1-13(21)16-12-14-11-15(19)8-9-17(14)20-10-6-4-2-3-5-7-18(16)20/h8-9,11,16,18H,2-7,10,12H2,1H3/t16-,18-/m0/s1. The fourth-order valence-electron chi connectivity index (χ4n) is 3.99. The van der Waals surface area contributed by atoms with Crippen molar-refractivity contribution in [2.24, 2.45) is 5.92 Å². The second-order valence-electron chi connectivity index (χ2n) is 6.51. The zero-order valence-electron chi connectivity index (χ0n) is 12.8. The molecule has 1 aromatic carbocycles. The summed E-state index contributed by atoms with van der Waals surface area (Å²) in [5, 5.41) is 0. The van der Waals surface area contributed by atoms with Crippen LogP contribution in [0.3, 0.4) is 0 Å². The zero-order chi connectivity index (χ0) is 14.8. The Balaban J connectivity index is 1.99. The van der Waals surface area contributed by atoms with Gasteiger partial charge in [-0.25, -0.2) is 4.39 Å². The Morgan fingerprint density at radius 1 is 1.19 bits per heavy atom. The van der Waals surface area contributed by atoms with Crippen LogP contribution >= 0.6 is 0 Å². The Morgan fingerprint density at radius 2 is 1.95 bits per heavy atom. The number of carbonyl (C=O) groups excluding carboxylic acids is 1. The van der Waals surface area contributed by atoms with E-state index in [2.05, 4.69) is 4.90 Å². The SMILES string of the molecule is CC(=O)[C@@H]1Cc2cc(F)ccc2N2CCCCCCC[C@@H]12. The maximum atomic E-state index is 13.6. The van der Waals surface area contributed by atoms with Crippen molar-refractivity contribution in [3.8, 4) is 0 Å². The number of rotatable bonds is 1. The van der Waals surface area contributed by atoms with Gasteiger partial charge in [0.1, 0.15) is 11.6 Å². The fourth-order valence-corrected chi connectivity index (χ4v) is 3.99. The van der Waals surface area contributed by atoms with E-state index in [9.17, 15) is 9.18 Å². The molecule has 1 fully saturated rings. The van der Waals surface area contributed by atoms with E-state index in [1.807, 2.05) is 6.07 Å². The van der Waals surface area contributed by atoms with Crippen LogP contribution in [-0.4, -0.2) is 18.4 Å². The molecule has 2 aliphatic heterocycles. The summed E-state index contributed by atoms with van der Waals surface area (Å²) in [6.45, 7) is 2.69. The van der Waals surface area contributed by atoms with Crippen LogP contribution in [0, 0.1) is 11.7 Å². The molecule has 21 heavy (non-hydrogen) atoms. The second-order valence-corrected chi connectivity index (χ2v) is 6.51. The summed E-state index contributed by atoms with van der Waals surface area (Å²) in [6.07, 6.45) is 7.96. The summed E-state index contributed by atoms with van der Waals surface area (Å²) >= 11 is 0. The summed E-state index contributed by atoms with van der Waals surface area (Å²) in [5.41, 5.74) is 2.16. The quantitative estimate of drug-likeness (QED) is 0.775. The summed E-state index contributed by atoms with van der Waals surface area (Å²) in [4.78, 5) is 14.5. The van der Waals surface area contributed by atoms with Gasteiger partial charge in [0, 0.05) is 24.2 Å². The fraction of sp³-hybridized carbons (Fsp3) is 0.611. The van der Waals surface area contributed by atoms with Crippen LogP contribution in [0.15, 0.2) is 18.2 Å². The van der Waals surface area contributed by atoms with Gasteiger partial charge in [0.25, 0.3) is 0 Å². The van der Waals surface area contributed by atoms with Crippen LogP contribution < -0.4 is 4.90 Å². The molecule has 0 bridgehead atoms. The highest BCUT2D eigenvalue weighted by molar-refractivity contribution is 5.81. The topological polar surface area (TPSA) is 20.3 Å². The van der Waals surface area contributed by atoms with Gasteiger partial charge >= 0.3 is 0 Å². The van der Waals surface area contributed by atoms with Gasteiger partial charge in [0.15, 0.2) is 0 Å². The lowest BCUT2D eigenvalue weighted by Crippen LogP contribution is -2.48. The smallest absolute Gasteiger partial charge is 0.135 e. The first-order valence-corrected chi connectivity index (χ1v) is 8.22. The number of benzene rings is 1. The van der Waals surface area contributed by atoms with Crippen LogP contribution in [0.1, 0.15) is 51.0 Å². The Bertz CT molecular complexity index is 528. The van der Waals surface area contributed by atoms with Crippen LogP contribution in [0.5, 0.6) is 0 Å². The highest BCUT2D eigenvalue weighted by Crippen LogP contribution is 2.37. The molecule has 2 heterocycles. The molecule has 3 rings (SSSR count). The number of ketones is 1. The number of carbonyl (C=O) groups is 1. The molecule has 2 atom stereocenters. The van der Waals surface area contributed by atoms with Crippen molar-refractivity contribution in [3.63, 3.8) is 0 Å². The number of fused-ring (bicyclic) bond motifs is 3. The molecular weight excluding hydrogens is 265 g/mol. The minimum Gasteiger partial charge on any atom is -0.368 e. The molecule has 0 N–H and O–H groups in total. The molecule has 0 spiro atoms. The molecule has 114 valence electrons. The maximum Gasteiger partial charge on any atom is 0.135 e. The molecular formula is C18H24FNO. The van der Waals surface area contributed by atoms with Crippen LogP contribution in [0.4, 0.5) is 10.1 Å². The van der Waals surface area contributed by atoms with E-state index >= 15 is 0 Å².